The Balaban J connectivity index is 1.38. The summed E-state index contributed by atoms with van der Waals surface area (Å²) in [5.41, 5.74) is 11.4. The summed E-state index contributed by atoms with van der Waals surface area (Å²) in [5, 5.41) is 2.53. The van der Waals surface area contributed by atoms with Crippen molar-refractivity contribution in [2.24, 2.45) is 0 Å². The maximum absolute atomic E-state index is 2.41. The normalized spacial score (nSPS) is 13.2. The maximum atomic E-state index is 2.41. The average Bonchev–Trinajstić information content (AvgIpc) is 3.19. The molecule has 1 aliphatic rings. The summed E-state index contributed by atoms with van der Waals surface area (Å²) >= 11 is 0. The Kier molecular flexibility index (Phi) is 5.19. The second-order valence-electron chi connectivity index (χ2n) is 10.7. The van der Waals surface area contributed by atoms with Crippen LogP contribution in [0.15, 0.2) is 140 Å². The number of hydrogen-bond acceptors (Lipinski definition) is 1. The number of fused-ring (bicyclic) bond motifs is 4. The van der Waals surface area contributed by atoms with Crippen LogP contribution < -0.4 is 4.90 Å². The first-order valence-electron chi connectivity index (χ1n) is 13.3. The zero-order chi connectivity index (χ0) is 25.7. The zero-order valence-corrected chi connectivity index (χ0v) is 21.7. The minimum Gasteiger partial charge on any atom is -0.310 e. The summed E-state index contributed by atoms with van der Waals surface area (Å²) < 4.78 is 0. The average molecular weight is 488 g/mol. The van der Waals surface area contributed by atoms with Crippen molar-refractivity contribution in [1.29, 1.82) is 0 Å². The lowest BCUT2D eigenvalue weighted by Crippen LogP contribution is -2.15. The van der Waals surface area contributed by atoms with E-state index in [0.717, 1.165) is 17.1 Å². The van der Waals surface area contributed by atoms with E-state index >= 15 is 0 Å². The minimum absolute atomic E-state index is 0.0531. The van der Waals surface area contributed by atoms with Crippen LogP contribution in [0.1, 0.15) is 25.0 Å². The highest BCUT2D eigenvalue weighted by Crippen LogP contribution is 2.51. The largest absolute Gasteiger partial charge is 0.310 e. The predicted octanol–water partition coefficient (Wildman–Crippen LogP) is 10.3. The molecule has 6 aromatic carbocycles. The molecule has 1 nitrogen and oxygen atoms in total. The lowest BCUT2D eigenvalue weighted by atomic mass is 9.81. The van der Waals surface area contributed by atoms with Crippen LogP contribution in [-0.2, 0) is 5.41 Å². The van der Waals surface area contributed by atoms with Crippen molar-refractivity contribution < 1.29 is 0 Å². The first-order chi connectivity index (χ1) is 18.6. The molecule has 0 amide bonds. The van der Waals surface area contributed by atoms with Gasteiger partial charge in [0.15, 0.2) is 0 Å². The Hall–Kier alpha value is -4.62. The SMILES string of the molecule is CC1(C)c2cc(-c3ccccc3)ccc2-c2cc3cc(N(c4ccccc4)c4ccccc4)ccc3cc21. The van der Waals surface area contributed by atoms with Gasteiger partial charge in [-0.1, -0.05) is 98.8 Å². The van der Waals surface area contributed by atoms with E-state index in [9.17, 15) is 0 Å². The molecule has 0 heterocycles. The molecule has 0 N–H and O–H groups in total. The van der Waals surface area contributed by atoms with Crippen LogP contribution in [0.3, 0.4) is 0 Å². The van der Waals surface area contributed by atoms with Crippen molar-refractivity contribution in [3.63, 3.8) is 0 Å². The number of rotatable bonds is 4. The van der Waals surface area contributed by atoms with Gasteiger partial charge in [0.1, 0.15) is 0 Å². The molecular formula is C37H29N. The van der Waals surface area contributed by atoms with Crippen LogP contribution >= 0.6 is 0 Å². The van der Waals surface area contributed by atoms with E-state index < -0.39 is 0 Å². The van der Waals surface area contributed by atoms with Gasteiger partial charge in [-0.05, 0) is 98.8 Å². The van der Waals surface area contributed by atoms with E-state index in [4.69, 9.17) is 0 Å². The Labute approximate surface area is 224 Å². The highest BCUT2D eigenvalue weighted by molar-refractivity contribution is 5.96. The summed E-state index contributed by atoms with van der Waals surface area (Å²) in [4.78, 5) is 2.33. The molecule has 0 aliphatic heterocycles. The summed E-state index contributed by atoms with van der Waals surface area (Å²) in [6.07, 6.45) is 0. The molecule has 38 heavy (non-hydrogen) atoms. The second kappa shape index (κ2) is 8.75. The summed E-state index contributed by atoms with van der Waals surface area (Å²) in [7, 11) is 0. The van der Waals surface area contributed by atoms with Crippen molar-refractivity contribution in [2.45, 2.75) is 19.3 Å². The fraction of sp³-hybridized carbons (Fsp3) is 0.0811. The number of para-hydroxylation sites is 2. The van der Waals surface area contributed by atoms with Gasteiger partial charge in [0.25, 0.3) is 0 Å². The molecule has 0 aromatic heterocycles. The van der Waals surface area contributed by atoms with Crippen molar-refractivity contribution in [3.05, 3.63) is 151 Å². The molecule has 0 radical (unpaired) electrons. The Bertz CT molecular complexity index is 1730. The van der Waals surface area contributed by atoms with E-state index in [2.05, 4.69) is 158 Å². The standard InChI is InChI=1S/C37H29N/c1-37(2)35-24-27(26-12-6-3-7-13-26)19-21-33(35)34-23-29-22-32(20-18-28(29)25-36(34)37)38(30-14-8-4-9-15-30)31-16-10-5-11-17-31/h3-25H,1-2H3. The van der Waals surface area contributed by atoms with Crippen LogP contribution in [0.5, 0.6) is 0 Å². The lowest BCUT2D eigenvalue weighted by Gasteiger charge is -2.26. The molecule has 1 aliphatic carbocycles. The quantitative estimate of drug-likeness (QED) is 0.239. The highest BCUT2D eigenvalue weighted by atomic mass is 15.1. The monoisotopic (exact) mass is 487 g/mol. The number of nitrogens with zero attached hydrogens (tertiary/aromatic N) is 1. The van der Waals surface area contributed by atoms with Crippen molar-refractivity contribution >= 4 is 27.8 Å². The van der Waals surface area contributed by atoms with Crippen LogP contribution in [0, 0.1) is 0 Å². The minimum atomic E-state index is -0.0531. The van der Waals surface area contributed by atoms with E-state index in [1.165, 1.54) is 44.2 Å². The molecule has 6 aromatic rings. The molecule has 0 saturated carbocycles. The summed E-state index contributed by atoms with van der Waals surface area (Å²) in [6.45, 7) is 4.72. The topological polar surface area (TPSA) is 3.24 Å². The summed E-state index contributed by atoms with van der Waals surface area (Å²) in [5.74, 6) is 0. The fourth-order valence-corrected chi connectivity index (χ4v) is 6.02. The lowest BCUT2D eigenvalue weighted by molar-refractivity contribution is 0.661. The third-order valence-electron chi connectivity index (χ3n) is 8.01. The molecule has 0 atom stereocenters. The van der Waals surface area contributed by atoms with Crippen LogP contribution in [0.2, 0.25) is 0 Å². The Morgan fingerprint density at radius 2 is 1.03 bits per heavy atom. The molecule has 1 heteroatoms. The van der Waals surface area contributed by atoms with Gasteiger partial charge in [0, 0.05) is 22.5 Å². The van der Waals surface area contributed by atoms with E-state index in [1.807, 2.05) is 0 Å². The van der Waals surface area contributed by atoms with E-state index in [-0.39, 0.29) is 5.41 Å². The Morgan fingerprint density at radius 1 is 0.421 bits per heavy atom. The number of anilines is 3. The molecule has 182 valence electrons. The van der Waals surface area contributed by atoms with Gasteiger partial charge in [-0.2, -0.15) is 0 Å². The molecule has 0 fully saturated rings. The Morgan fingerprint density at radius 3 is 1.68 bits per heavy atom. The van der Waals surface area contributed by atoms with Gasteiger partial charge >= 0.3 is 0 Å². The van der Waals surface area contributed by atoms with Crippen LogP contribution in [-0.4, -0.2) is 0 Å². The van der Waals surface area contributed by atoms with Gasteiger partial charge in [0.2, 0.25) is 0 Å². The predicted molar refractivity (Wildman–Crippen MR) is 162 cm³/mol. The van der Waals surface area contributed by atoms with Crippen LogP contribution in [0.25, 0.3) is 33.0 Å². The molecule has 0 spiro atoms. The van der Waals surface area contributed by atoms with Crippen molar-refractivity contribution in [2.75, 3.05) is 4.90 Å². The molecule has 0 unspecified atom stereocenters. The first kappa shape index (κ1) is 22.6. The molecule has 0 saturated heterocycles. The van der Waals surface area contributed by atoms with E-state index in [1.54, 1.807) is 0 Å². The first-order valence-corrected chi connectivity index (χ1v) is 13.3. The molecule has 7 rings (SSSR count). The smallest absolute Gasteiger partial charge is 0.0468 e. The maximum Gasteiger partial charge on any atom is 0.0468 e. The van der Waals surface area contributed by atoms with Gasteiger partial charge < -0.3 is 4.90 Å². The van der Waals surface area contributed by atoms with Gasteiger partial charge in [-0.3, -0.25) is 0 Å². The zero-order valence-electron chi connectivity index (χ0n) is 21.7. The highest BCUT2D eigenvalue weighted by Gasteiger charge is 2.36. The summed E-state index contributed by atoms with van der Waals surface area (Å²) in [6, 6.07) is 50.5. The molecular weight excluding hydrogens is 458 g/mol. The second-order valence-corrected chi connectivity index (χ2v) is 10.7. The van der Waals surface area contributed by atoms with Crippen molar-refractivity contribution in [3.8, 4) is 22.3 Å². The van der Waals surface area contributed by atoms with Gasteiger partial charge in [-0.15, -0.1) is 0 Å². The van der Waals surface area contributed by atoms with Gasteiger partial charge in [-0.25, -0.2) is 0 Å². The molecule has 0 bridgehead atoms. The van der Waals surface area contributed by atoms with E-state index in [0.29, 0.717) is 0 Å². The fourth-order valence-electron chi connectivity index (χ4n) is 6.02. The van der Waals surface area contributed by atoms with Crippen molar-refractivity contribution in [1.82, 2.24) is 0 Å². The van der Waals surface area contributed by atoms with Crippen LogP contribution in [0.4, 0.5) is 17.1 Å². The number of hydrogen-bond donors (Lipinski definition) is 0. The van der Waals surface area contributed by atoms with Gasteiger partial charge in [0.05, 0.1) is 0 Å². The number of benzene rings is 6. The third-order valence-corrected chi connectivity index (χ3v) is 8.01. The third kappa shape index (κ3) is 3.63.